The lowest BCUT2D eigenvalue weighted by Gasteiger charge is -2.19. The molecule has 0 aliphatic heterocycles. The smallest absolute Gasteiger partial charge is 0.0633 e. The SMILES string of the molecule is CC(=Nc1ccccc1)c1ccccc1C1C(C)=C(C)C(C)=C1C. The van der Waals surface area contributed by atoms with Gasteiger partial charge in [-0.2, -0.15) is 0 Å². The lowest BCUT2D eigenvalue weighted by atomic mass is 9.85. The van der Waals surface area contributed by atoms with Crippen molar-refractivity contribution >= 4 is 11.4 Å². The van der Waals surface area contributed by atoms with Crippen LogP contribution in [0.15, 0.2) is 81.9 Å². The first-order chi connectivity index (χ1) is 11.5. The molecule has 0 heterocycles. The van der Waals surface area contributed by atoms with Gasteiger partial charge in [0, 0.05) is 11.6 Å². The zero-order valence-corrected chi connectivity index (χ0v) is 15.2. The van der Waals surface area contributed by atoms with E-state index in [-0.39, 0.29) is 0 Å². The van der Waals surface area contributed by atoms with Crippen molar-refractivity contribution in [2.24, 2.45) is 4.99 Å². The highest BCUT2D eigenvalue weighted by molar-refractivity contribution is 6.02. The van der Waals surface area contributed by atoms with Crippen LogP contribution in [0.5, 0.6) is 0 Å². The van der Waals surface area contributed by atoms with Gasteiger partial charge in [-0.15, -0.1) is 0 Å². The Balaban J connectivity index is 2.09. The summed E-state index contributed by atoms with van der Waals surface area (Å²) in [7, 11) is 0. The van der Waals surface area contributed by atoms with Crippen LogP contribution in [-0.2, 0) is 0 Å². The second-order valence-corrected chi connectivity index (χ2v) is 6.67. The molecule has 0 bridgehead atoms. The molecule has 0 saturated heterocycles. The molecule has 1 aliphatic carbocycles. The molecule has 0 aromatic heterocycles. The summed E-state index contributed by atoms with van der Waals surface area (Å²) in [6, 6.07) is 18.9. The topological polar surface area (TPSA) is 12.4 Å². The van der Waals surface area contributed by atoms with Crippen LogP contribution in [0.25, 0.3) is 0 Å². The predicted molar refractivity (Wildman–Crippen MR) is 104 cm³/mol. The summed E-state index contributed by atoms with van der Waals surface area (Å²) in [4.78, 5) is 4.83. The Bertz CT molecular complexity index is 827. The maximum absolute atomic E-state index is 4.83. The van der Waals surface area contributed by atoms with Crippen molar-refractivity contribution in [1.82, 2.24) is 0 Å². The van der Waals surface area contributed by atoms with Crippen LogP contribution in [0, 0.1) is 0 Å². The van der Waals surface area contributed by atoms with Gasteiger partial charge in [-0.25, -0.2) is 0 Å². The van der Waals surface area contributed by atoms with Gasteiger partial charge in [0.15, 0.2) is 0 Å². The summed E-state index contributed by atoms with van der Waals surface area (Å²) in [5.74, 6) is 0.377. The highest BCUT2D eigenvalue weighted by Gasteiger charge is 2.27. The molecule has 0 spiro atoms. The lowest BCUT2D eigenvalue weighted by Crippen LogP contribution is -2.07. The summed E-state index contributed by atoms with van der Waals surface area (Å²) >= 11 is 0. The second kappa shape index (κ2) is 6.60. The molecule has 2 aromatic carbocycles. The fourth-order valence-electron chi connectivity index (χ4n) is 3.65. The molecule has 1 aliphatic rings. The zero-order valence-electron chi connectivity index (χ0n) is 15.2. The Morgan fingerprint density at radius 3 is 1.92 bits per heavy atom. The molecule has 0 fully saturated rings. The molecule has 1 nitrogen and oxygen atoms in total. The number of allylic oxidation sites excluding steroid dienone is 4. The Morgan fingerprint density at radius 1 is 0.750 bits per heavy atom. The van der Waals surface area contributed by atoms with E-state index < -0.39 is 0 Å². The normalized spacial score (nSPS) is 16.3. The number of para-hydroxylation sites is 1. The number of hydrogen-bond donors (Lipinski definition) is 0. The van der Waals surface area contributed by atoms with E-state index >= 15 is 0 Å². The van der Waals surface area contributed by atoms with E-state index in [4.69, 9.17) is 4.99 Å². The first kappa shape index (κ1) is 16.4. The summed E-state index contributed by atoms with van der Waals surface area (Å²) in [5, 5.41) is 0. The molecule has 24 heavy (non-hydrogen) atoms. The van der Waals surface area contributed by atoms with Crippen LogP contribution in [0.1, 0.15) is 51.7 Å². The Kier molecular flexibility index (Phi) is 4.53. The minimum Gasteiger partial charge on any atom is -0.253 e. The molecule has 0 N–H and O–H groups in total. The van der Waals surface area contributed by atoms with Gasteiger partial charge >= 0.3 is 0 Å². The number of hydrogen-bond acceptors (Lipinski definition) is 1. The van der Waals surface area contributed by atoms with Crippen molar-refractivity contribution < 1.29 is 0 Å². The molecule has 122 valence electrons. The maximum atomic E-state index is 4.83. The average Bonchev–Trinajstić information content (AvgIpc) is 2.79. The number of aliphatic imine (C=N–C) groups is 1. The van der Waals surface area contributed by atoms with Crippen molar-refractivity contribution in [3.63, 3.8) is 0 Å². The van der Waals surface area contributed by atoms with Gasteiger partial charge < -0.3 is 0 Å². The van der Waals surface area contributed by atoms with Gasteiger partial charge in [0.25, 0.3) is 0 Å². The van der Waals surface area contributed by atoms with E-state index in [1.165, 1.54) is 33.4 Å². The van der Waals surface area contributed by atoms with Crippen molar-refractivity contribution in [2.45, 2.75) is 40.5 Å². The number of nitrogens with zero attached hydrogens (tertiary/aromatic N) is 1. The molecule has 0 unspecified atom stereocenters. The Hall–Kier alpha value is -2.41. The van der Waals surface area contributed by atoms with E-state index in [9.17, 15) is 0 Å². The molecular weight excluding hydrogens is 290 g/mol. The highest BCUT2D eigenvalue weighted by Crippen LogP contribution is 2.44. The summed E-state index contributed by atoms with van der Waals surface area (Å²) in [5.41, 5.74) is 10.5. The van der Waals surface area contributed by atoms with E-state index in [2.05, 4.69) is 58.9 Å². The third-order valence-corrected chi connectivity index (χ3v) is 5.33. The van der Waals surface area contributed by atoms with Crippen molar-refractivity contribution in [2.75, 3.05) is 0 Å². The highest BCUT2D eigenvalue weighted by atomic mass is 14.7. The van der Waals surface area contributed by atoms with Gasteiger partial charge in [0.2, 0.25) is 0 Å². The van der Waals surface area contributed by atoms with Crippen LogP contribution in [0.4, 0.5) is 5.69 Å². The molecule has 0 saturated carbocycles. The molecule has 1 heteroatoms. The van der Waals surface area contributed by atoms with Crippen molar-refractivity contribution in [3.05, 3.63) is 88.0 Å². The Labute approximate surface area is 145 Å². The fraction of sp³-hybridized carbons (Fsp3) is 0.261. The van der Waals surface area contributed by atoms with E-state index in [0.717, 1.165) is 11.4 Å². The minimum atomic E-state index is 0.377. The molecule has 2 aromatic rings. The van der Waals surface area contributed by atoms with Crippen molar-refractivity contribution in [3.8, 4) is 0 Å². The summed E-state index contributed by atoms with van der Waals surface area (Å²) in [6.07, 6.45) is 0. The number of rotatable bonds is 3. The van der Waals surface area contributed by atoms with Gasteiger partial charge in [-0.05, 0) is 69.0 Å². The predicted octanol–water partition coefficient (Wildman–Crippen LogP) is 6.60. The largest absolute Gasteiger partial charge is 0.253 e. The molecule has 0 atom stereocenters. The number of benzene rings is 2. The molecule has 3 rings (SSSR count). The standard InChI is InChI=1S/C23H25N/c1-15-16(2)18(4)23(17(15)3)22-14-10-9-13-21(22)19(5)24-20-11-7-6-8-12-20/h6-14,23H,1-5H3. The maximum Gasteiger partial charge on any atom is 0.0633 e. The quantitative estimate of drug-likeness (QED) is 0.566. The monoisotopic (exact) mass is 315 g/mol. The van der Waals surface area contributed by atoms with E-state index in [1.807, 2.05) is 30.3 Å². The summed E-state index contributed by atoms with van der Waals surface area (Å²) < 4.78 is 0. The van der Waals surface area contributed by atoms with Gasteiger partial charge in [0.05, 0.1) is 5.69 Å². The summed E-state index contributed by atoms with van der Waals surface area (Å²) in [6.45, 7) is 11.1. The lowest BCUT2D eigenvalue weighted by molar-refractivity contribution is 0.932. The second-order valence-electron chi connectivity index (χ2n) is 6.67. The van der Waals surface area contributed by atoms with Crippen LogP contribution in [0.2, 0.25) is 0 Å². The first-order valence-electron chi connectivity index (χ1n) is 8.55. The van der Waals surface area contributed by atoms with Crippen LogP contribution < -0.4 is 0 Å². The Morgan fingerprint density at radius 2 is 1.29 bits per heavy atom. The molecule has 0 amide bonds. The third kappa shape index (κ3) is 2.87. The van der Waals surface area contributed by atoms with E-state index in [0.29, 0.717) is 5.92 Å². The van der Waals surface area contributed by atoms with Gasteiger partial charge in [0.1, 0.15) is 0 Å². The first-order valence-corrected chi connectivity index (χ1v) is 8.55. The van der Waals surface area contributed by atoms with Gasteiger partial charge in [-0.1, -0.05) is 53.6 Å². The average molecular weight is 315 g/mol. The van der Waals surface area contributed by atoms with Crippen LogP contribution in [-0.4, -0.2) is 5.71 Å². The van der Waals surface area contributed by atoms with Crippen LogP contribution in [0.3, 0.4) is 0 Å². The fourth-order valence-corrected chi connectivity index (χ4v) is 3.65. The third-order valence-electron chi connectivity index (χ3n) is 5.33. The van der Waals surface area contributed by atoms with E-state index in [1.54, 1.807) is 0 Å². The molecule has 0 radical (unpaired) electrons. The van der Waals surface area contributed by atoms with Crippen LogP contribution >= 0.6 is 0 Å². The minimum absolute atomic E-state index is 0.377. The zero-order chi connectivity index (χ0) is 17.3. The van der Waals surface area contributed by atoms with Gasteiger partial charge in [-0.3, -0.25) is 4.99 Å². The van der Waals surface area contributed by atoms with Crippen molar-refractivity contribution in [1.29, 1.82) is 0 Å². The molecular formula is C23H25N.